The van der Waals surface area contributed by atoms with Crippen LogP contribution in [0.5, 0.6) is 0 Å². The number of thiol groups is 1. The summed E-state index contributed by atoms with van der Waals surface area (Å²) in [5.41, 5.74) is 0. The Kier molecular flexibility index (Phi) is 41.4. The molecule has 43 heavy (non-hydrogen) atoms. The smallest absolute Gasteiger partial charge is 0.130 e. The van der Waals surface area contributed by atoms with Gasteiger partial charge in [-0.15, -0.1) is 12.6 Å². The van der Waals surface area contributed by atoms with Gasteiger partial charge in [0.25, 0.3) is 0 Å². The summed E-state index contributed by atoms with van der Waals surface area (Å²) in [6, 6.07) is 0. The van der Waals surface area contributed by atoms with Crippen LogP contribution >= 0.6 is 40.8 Å². The number of hydrogen-bond acceptors (Lipinski definition) is 1. The van der Waals surface area contributed by atoms with Gasteiger partial charge < -0.3 is 5.32 Å². The summed E-state index contributed by atoms with van der Waals surface area (Å²) >= 11 is 12.5. The molecule has 0 aliphatic rings. The SMILES string of the molecule is S=C(S)NCCCCCCCCCCCCCCCCCCCCCCCCCCCCCCCCCCCCCCBr. The van der Waals surface area contributed by atoms with Crippen LogP contribution in [0.3, 0.4) is 0 Å². The van der Waals surface area contributed by atoms with Gasteiger partial charge in [0.15, 0.2) is 0 Å². The lowest BCUT2D eigenvalue weighted by Crippen LogP contribution is -2.17. The summed E-state index contributed by atoms with van der Waals surface area (Å²) in [7, 11) is 0. The second-order valence-electron chi connectivity index (χ2n) is 13.6. The van der Waals surface area contributed by atoms with Crippen molar-refractivity contribution in [3.8, 4) is 0 Å². The molecule has 1 N–H and O–H groups in total. The molecule has 0 amide bonds. The van der Waals surface area contributed by atoms with Crippen molar-refractivity contribution in [1.82, 2.24) is 5.32 Å². The maximum absolute atomic E-state index is 4.91. The average Bonchev–Trinajstić information content (AvgIpc) is 3.00. The second kappa shape index (κ2) is 40.7. The van der Waals surface area contributed by atoms with Crippen molar-refractivity contribution in [3.63, 3.8) is 0 Å². The van der Waals surface area contributed by atoms with Crippen LogP contribution in [0.2, 0.25) is 0 Å². The lowest BCUT2D eigenvalue weighted by atomic mass is 10.0. The Bertz CT molecular complexity index is 515. The largest absolute Gasteiger partial charge is 0.371 e. The molecule has 0 aromatic heterocycles. The van der Waals surface area contributed by atoms with Gasteiger partial charge in [-0.05, 0) is 12.8 Å². The first-order valence-corrected chi connectivity index (χ1v) is 21.8. The molecule has 0 radical (unpaired) electrons. The zero-order chi connectivity index (χ0) is 31.2. The van der Waals surface area contributed by atoms with E-state index in [1.54, 1.807) is 0 Å². The lowest BCUT2D eigenvalue weighted by Gasteiger charge is -2.05. The van der Waals surface area contributed by atoms with Crippen LogP contribution in [0.25, 0.3) is 0 Å². The zero-order valence-corrected chi connectivity index (χ0v) is 32.4. The highest BCUT2D eigenvalue weighted by Gasteiger charge is 1.98. The molecule has 0 spiro atoms. The number of rotatable bonds is 38. The van der Waals surface area contributed by atoms with Crippen molar-refractivity contribution in [2.24, 2.45) is 0 Å². The van der Waals surface area contributed by atoms with Crippen molar-refractivity contribution in [3.05, 3.63) is 0 Å². The predicted octanol–water partition coefficient (Wildman–Crippen LogP) is 15.2. The fourth-order valence-corrected chi connectivity index (χ4v) is 7.04. The quantitative estimate of drug-likeness (QED) is 0.0287. The Morgan fingerprint density at radius 2 is 0.488 bits per heavy atom. The molecule has 0 atom stereocenters. The maximum atomic E-state index is 4.91. The molecule has 258 valence electrons. The Morgan fingerprint density at radius 1 is 0.326 bits per heavy atom. The van der Waals surface area contributed by atoms with E-state index >= 15 is 0 Å². The summed E-state index contributed by atoms with van der Waals surface area (Å²) in [6.07, 6.45) is 52.4. The van der Waals surface area contributed by atoms with Gasteiger partial charge in [-0.3, -0.25) is 0 Å². The van der Waals surface area contributed by atoms with E-state index in [2.05, 4.69) is 33.9 Å². The van der Waals surface area contributed by atoms with Crippen LogP contribution in [0.15, 0.2) is 0 Å². The summed E-state index contributed by atoms with van der Waals surface area (Å²) in [5, 5.41) is 4.30. The van der Waals surface area contributed by atoms with Crippen LogP contribution < -0.4 is 5.32 Å². The van der Waals surface area contributed by atoms with Crippen LogP contribution in [0.4, 0.5) is 0 Å². The molecule has 0 aliphatic carbocycles. The second-order valence-corrected chi connectivity index (χ2v) is 15.6. The zero-order valence-electron chi connectivity index (χ0n) is 29.1. The third kappa shape index (κ3) is 42.7. The highest BCUT2D eigenvalue weighted by Crippen LogP contribution is 2.17. The minimum absolute atomic E-state index is 0.631. The molecule has 0 aromatic rings. The predicted molar refractivity (Wildman–Crippen MR) is 210 cm³/mol. The number of alkyl halides is 1. The van der Waals surface area contributed by atoms with Gasteiger partial charge in [0.05, 0.1) is 0 Å². The fraction of sp³-hybridized carbons (Fsp3) is 0.974. The van der Waals surface area contributed by atoms with Crippen molar-refractivity contribution < 1.29 is 0 Å². The van der Waals surface area contributed by atoms with Crippen molar-refractivity contribution >= 4 is 45.1 Å². The first-order valence-electron chi connectivity index (χ1n) is 19.8. The number of hydrogen-bond donors (Lipinski definition) is 2. The average molecular weight is 705 g/mol. The molecule has 0 bridgehead atoms. The van der Waals surface area contributed by atoms with E-state index in [0.29, 0.717) is 4.32 Å². The molecular formula is C39H78BrNS2. The summed E-state index contributed by atoms with van der Waals surface area (Å²) in [5.74, 6) is 0. The maximum Gasteiger partial charge on any atom is 0.130 e. The number of unbranched alkanes of at least 4 members (excludes halogenated alkanes) is 35. The molecular weight excluding hydrogens is 626 g/mol. The van der Waals surface area contributed by atoms with Crippen LogP contribution in [-0.2, 0) is 0 Å². The van der Waals surface area contributed by atoms with Gasteiger partial charge >= 0.3 is 0 Å². The van der Waals surface area contributed by atoms with Gasteiger partial charge in [-0.25, -0.2) is 0 Å². The van der Waals surface area contributed by atoms with Crippen molar-refractivity contribution in [2.75, 3.05) is 11.9 Å². The standard InChI is InChI=1S/C39H78BrNS2/c40-37-35-33-31-29-27-25-23-21-19-17-15-13-11-9-7-5-3-1-2-4-6-8-10-12-14-16-18-20-22-24-26-28-30-32-34-36-38-41-39(42)43/h1-38H2,(H2,41,42,43). The molecule has 0 saturated carbocycles. The van der Waals surface area contributed by atoms with Gasteiger partial charge in [-0.1, -0.05) is 246 Å². The van der Waals surface area contributed by atoms with E-state index < -0.39 is 0 Å². The number of nitrogens with one attached hydrogen (secondary N) is 1. The lowest BCUT2D eigenvalue weighted by molar-refractivity contribution is 0.510. The van der Waals surface area contributed by atoms with Gasteiger partial charge in [0.1, 0.15) is 4.32 Å². The Morgan fingerprint density at radius 3 is 0.651 bits per heavy atom. The van der Waals surface area contributed by atoms with Gasteiger partial charge in [0.2, 0.25) is 0 Å². The van der Waals surface area contributed by atoms with Crippen LogP contribution in [0.1, 0.15) is 231 Å². The first-order chi connectivity index (χ1) is 21.3. The fourth-order valence-electron chi connectivity index (χ4n) is 6.43. The van der Waals surface area contributed by atoms with Crippen molar-refractivity contribution in [2.45, 2.75) is 231 Å². The Labute approximate surface area is 292 Å². The molecule has 1 nitrogen and oxygen atoms in total. The number of thiocarbonyl (C=S) groups is 1. The molecule has 0 aliphatic heterocycles. The molecule has 0 saturated heterocycles. The number of halogens is 1. The van der Waals surface area contributed by atoms with E-state index in [9.17, 15) is 0 Å². The molecule has 0 heterocycles. The van der Waals surface area contributed by atoms with E-state index in [1.807, 2.05) is 0 Å². The third-order valence-corrected chi connectivity index (χ3v) is 10.2. The van der Waals surface area contributed by atoms with Crippen LogP contribution in [-0.4, -0.2) is 16.2 Å². The molecule has 0 aromatic carbocycles. The molecule has 0 rings (SSSR count). The Hall–Kier alpha value is 0.720. The minimum atomic E-state index is 0.631. The highest BCUT2D eigenvalue weighted by molar-refractivity contribution is 9.09. The topological polar surface area (TPSA) is 12.0 Å². The molecule has 0 unspecified atom stereocenters. The monoisotopic (exact) mass is 703 g/mol. The van der Waals surface area contributed by atoms with E-state index in [4.69, 9.17) is 12.2 Å². The molecule has 0 fully saturated rings. The summed E-state index contributed by atoms with van der Waals surface area (Å²) in [6.45, 7) is 0.988. The van der Waals surface area contributed by atoms with Crippen molar-refractivity contribution in [1.29, 1.82) is 0 Å². The van der Waals surface area contributed by atoms with Crippen LogP contribution in [0, 0.1) is 0 Å². The summed E-state index contributed by atoms with van der Waals surface area (Å²) in [4.78, 5) is 0. The first kappa shape index (κ1) is 43.7. The molecule has 4 heteroatoms. The van der Waals surface area contributed by atoms with Gasteiger partial charge in [-0.2, -0.15) is 0 Å². The summed E-state index contributed by atoms with van der Waals surface area (Å²) < 4.78 is 0.631. The highest BCUT2D eigenvalue weighted by atomic mass is 79.9. The van der Waals surface area contributed by atoms with E-state index in [1.165, 1.54) is 236 Å². The van der Waals surface area contributed by atoms with E-state index in [0.717, 1.165) is 6.54 Å². The van der Waals surface area contributed by atoms with Gasteiger partial charge in [0, 0.05) is 11.9 Å². The van der Waals surface area contributed by atoms with E-state index in [-0.39, 0.29) is 0 Å². The normalized spacial score (nSPS) is 11.4. The third-order valence-electron chi connectivity index (χ3n) is 9.34. The Balaban J connectivity index is 3.03. The minimum Gasteiger partial charge on any atom is -0.371 e.